The zero-order valence-corrected chi connectivity index (χ0v) is 13.7. The van der Waals surface area contributed by atoms with E-state index in [-0.39, 0.29) is 30.3 Å². The smallest absolute Gasteiger partial charge is 0.227 e. The molecule has 1 aromatic rings. The third-order valence-electron chi connectivity index (χ3n) is 3.74. The van der Waals surface area contributed by atoms with Crippen LogP contribution in [-0.4, -0.2) is 25.1 Å². The average molecular weight is 313 g/mol. The summed E-state index contributed by atoms with van der Waals surface area (Å²) >= 11 is 0. The molecule has 1 aromatic carbocycles. The van der Waals surface area contributed by atoms with E-state index in [2.05, 4.69) is 10.6 Å². The van der Waals surface area contributed by atoms with Crippen molar-refractivity contribution < 1.29 is 9.53 Å². The standard InChI is InChI=1S/C16H24N2O2.ClH/c1-11(2)20-10-13-4-6-15(7-5-13)18-16(19)12(3)14-8-17-9-14;/h4-7,11-12,14,17H,8-10H2,1-3H3,(H,18,19);1H. The van der Waals surface area contributed by atoms with Crippen LogP contribution in [0.25, 0.3) is 0 Å². The number of carbonyl (C=O) groups is 1. The SMILES string of the molecule is CC(C)OCc1ccc(NC(=O)C(C)C2CNC2)cc1.Cl. The van der Waals surface area contributed by atoms with Crippen molar-refractivity contribution in [3.8, 4) is 0 Å². The van der Waals surface area contributed by atoms with E-state index < -0.39 is 0 Å². The Balaban J connectivity index is 0.00000220. The van der Waals surface area contributed by atoms with Gasteiger partial charge >= 0.3 is 0 Å². The van der Waals surface area contributed by atoms with Crippen molar-refractivity contribution in [3.05, 3.63) is 29.8 Å². The van der Waals surface area contributed by atoms with Gasteiger partial charge in [-0.25, -0.2) is 0 Å². The number of hydrogen-bond donors (Lipinski definition) is 2. The number of halogens is 1. The van der Waals surface area contributed by atoms with E-state index in [1.54, 1.807) is 0 Å². The summed E-state index contributed by atoms with van der Waals surface area (Å²) in [6.45, 7) is 8.53. The fourth-order valence-corrected chi connectivity index (χ4v) is 2.08. The summed E-state index contributed by atoms with van der Waals surface area (Å²) in [5.41, 5.74) is 1.97. The molecule has 0 bridgehead atoms. The van der Waals surface area contributed by atoms with Gasteiger partial charge in [-0.05, 0) is 50.6 Å². The first-order chi connectivity index (χ1) is 9.56. The van der Waals surface area contributed by atoms with Crippen LogP contribution in [0.1, 0.15) is 26.3 Å². The monoisotopic (exact) mass is 312 g/mol. The summed E-state index contributed by atoms with van der Waals surface area (Å²) in [7, 11) is 0. The lowest BCUT2D eigenvalue weighted by atomic mass is 9.88. The third kappa shape index (κ3) is 5.30. The van der Waals surface area contributed by atoms with Crippen LogP contribution in [0.3, 0.4) is 0 Å². The Bertz CT molecular complexity index is 444. The Morgan fingerprint density at radius 3 is 2.38 bits per heavy atom. The Hall–Kier alpha value is -1.10. The molecule has 1 fully saturated rings. The van der Waals surface area contributed by atoms with Crippen LogP contribution in [0.4, 0.5) is 5.69 Å². The molecule has 0 radical (unpaired) electrons. The predicted octanol–water partition coefficient (Wildman–Crippen LogP) is 2.83. The maximum absolute atomic E-state index is 12.1. The lowest BCUT2D eigenvalue weighted by Gasteiger charge is -2.31. The van der Waals surface area contributed by atoms with E-state index in [1.807, 2.05) is 45.0 Å². The van der Waals surface area contributed by atoms with Crippen molar-refractivity contribution in [1.29, 1.82) is 0 Å². The van der Waals surface area contributed by atoms with Crippen molar-refractivity contribution in [2.45, 2.75) is 33.5 Å². The fraction of sp³-hybridized carbons (Fsp3) is 0.562. The van der Waals surface area contributed by atoms with Gasteiger partial charge in [0, 0.05) is 11.6 Å². The number of amides is 1. The number of rotatable bonds is 6. The van der Waals surface area contributed by atoms with Crippen molar-refractivity contribution in [1.82, 2.24) is 5.32 Å². The van der Waals surface area contributed by atoms with Crippen LogP contribution >= 0.6 is 12.4 Å². The minimum Gasteiger partial charge on any atom is -0.374 e. The quantitative estimate of drug-likeness (QED) is 0.849. The van der Waals surface area contributed by atoms with E-state index >= 15 is 0 Å². The number of benzene rings is 1. The van der Waals surface area contributed by atoms with Crippen LogP contribution in [0.15, 0.2) is 24.3 Å². The summed E-state index contributed by atoms with van der Waals surface area (Å²) < 4.78 is 5.55. The number of ether oxygens (including phenoxy) is 1. The lowest BCUT2D eigenvalue weighted by Crippen LogP contribution is -2.48. The first-order valence-corrected chi connectivity index (χ1v) is 7.28. The largest absolute Gasteiger partial charge is 0.374 e. The van der Waals surface area contributed by atoms with Gasteiger partial charge in [0.1, 0.15) is 0 Å². The molecule has 4 nitrogen and oxygen atoms in total. The van der Waals surface area contributed by atoms with Crippen molar-refractivity contribution in [3.63, 3.8) is 0 Å². The maximum Gasteiger partial charge on any atom is 0.227 e. The highest BCUT2D eigenvalue weighted by atomic mass is 35.5. The van der Waals surface area contributed by atoms with E-state index in [4.69, 9.17) is 4.74 Å². The first kappa shape index (κ1) is 18.0. The third-order valence-corrected chi connectivity index (χ3v) is 3.74. The Morgan fingerprint density at radius 2 is 1.90 bits per heavy atom. The summed E-state index contributed by atoms with van der Waals surface area (Å²) in [6, 6.07) is 7.85. The second kappa shape index (κ2) is 8.37. The molecule has 0 aliphatic carbocycles. The van der Waals surface area contributed by atoms with Gasteiger partial charge in [0.25, 0.3) is 0 Å². The first-order valence-electron chi connectivity index (χ1n) is 7.28. The molecule has 0 aromatic heterocycles. The minimum atomic E-state index is 0. The second-order valence-corrected chi connectivity index (χ2v) is 5.75. The maximum atomic E-state index is 12.1. The second-order valence-electron chi connectivity index (χ2n) is 5.75. The van der Waals surface area contributed by atoms with Crippen LogP contribution in [0.5, 0.6) is 0 Å². The minimum absolute atomic E-state index is 0. The number of nitrogens with one attached hydrogen (secondary N) is 2. The van der Waals surface area contributed by atoms with Crippen LogP contribution in [0.2, 0.25) is 0 Å². The van der Waals surface area contributed by atoms with Crippen molar-refractivity contribution >= 4 is 24.0 Å². The van der Waals surface area contributed by atoms with Gasteiger partial charge in [0.05, 0.1) is 12.7 Å². The van der Waals surface area contributed by atoms with E-state index in [1.165, 1.54) is 0 Å². The molecule has 0 saturated carbocycles. The van der Waals surface area contributed by atoms with Gasteiger partial charge in [0.15, 0.2) is 0 Å². The predicted molar refractivity (Wildman–Crippen MR) is 87.8 cm³/mol. The Labute approximate surface area is 133 Å². The van der Waals surface area contributed by atoms with Gasteiger partial charge in [-0.2, -0.15) is 0 Å². The number of carbonyl (C=O) groups excluding carboxylic acids is 1. The highest BCUT2D eigenvalue weighted by Gasteiger charge is 2.28. The molecule has 2 N–H and O–H groups in total. The van der Waals surface area contributed by atoms with Crippen LogP contribution in [0, 0.1) is 11.8 Å². The zero-order chi connectivity index (χ0) is 14.5. The highest BCUT2D eigenvalue weighted by molar-refractivity contribution is 5.92. The van der Waals surface area contributed by atoms with E-state index in [0.29, 0.717) is 12.5 Å². The molecule has 1 atom stereocenters. The molecule has 0 spiro atoms. The normalized spacial score (nSPS) is 16.0. The van der Waals surface area contributed by atoms with Gasteiger partial charge in [-0.1, -0.05) is 19.1 Å². The van der Waals surface area contributed by atoms with Gasteiger partial charge < -0.3 is 15.4 Å². The van der Waals surface area contributed by atoms with Gasteiger partial charge in [-0.15, -0.1) is 12.4 Å². The summed E-state index contributed by atoms with van der Waals surface area (Å²) in [5, 5.41) is 6.17. The summed E-state index contributed by atoms with van der Waals surface area (Å²) in [6.07, 6.45) is 0.228. The molecule has 1 unspecified atom stereocenters. The average Bonchev–Trinajstić information content (AvgIpc) is 2.35. The van der Waals surface area contributed by atoms with Crippen molar-refractivity contribution in [2.24, 2.45) is 11.8 Å². The Morgan fingerprint density at radius 1 is 1.29 bits per heavy atom. The highest BCUT2D eigenvalue weighted by Crippen LogP contribution is 2.18. The van der Waals surface area contributed by atoms with Crippen molar-refractivity contribution in [2.75, 3.05) is 18.4 Å². The Kier molecular flexibility index (Phi) is 7.15. The van der Waals surface area contributed by atoms with Crippen LogP contribution < -0.4 is 10.6 Å². The van der Waals surface area contributed by atoms with E-state index in [0.717, 1.165) is 24.3 Å². The molecule has 1 saturated heterocycles. The molecule has 1 aliphatic heterocycles. The molecular formula is C16H25ClN2O2. The molecule has 118 valence electrons. The van der Waals surface area contributed by atoms with Crippen LogP contribution in [-0.2, 0) is 16.1 Å². The van der Waals surface area contributed by atoms with E-state index in [9.17, 15) is 4.79 Å². The zero-order valence-electron chi connectivity index (χ0n) is 12.9. The summed E-state index contributed by atoms with van der Waals surface area (Å²) in [5.74, 6) is 0.622. The van der Waals surface area contributed by atoms with Gasteiger partial charge in [-0.3, -0.25) is 4.79 Å². The molecule has 21 heavy (non-hydrogen) atoms. The molecule has 1 heterocycles. The number of hydrogen-bond acceptors (Lipinski definition) is 3. The molecule has 5 heteroatoms. The molecular weight excluding hydrogens is 288 g/mol. The summed E-state index contributed by atoms with van der Waals surface area (Å²) in [4.78, 5) is 12.1. The number of anilines is 1. The molecule has 1 aliphatic rings. The fourth-order valence-electron chi connectivity index (χ4n) is 2.08. The topological polar surface area (TPSA) is 50.4 Å². The van der Waals surface area contributed by atoms with Gasteiger partial charge in [0.2, 0.25) is 5.91 Å². The molecule has 1 amide bonds. The lowest BCUT2D eigenvalue weighted by molar-refractivity contribution is -0.121. The molecule has 2 rings (SSSR count).